The molecule has 84 valence electrons. The molecule has 0 rings (SSSR count). The van der Waals surface area contributed by atoms with Crippen LogP contribution in [0.5, 0.6) is 0 Å². The van der Waals surface area contributed by atoms with E-state index in [0.717, 1.165) is 12.8 Å². The van der Waals surface area contributed by atoms with E-state index < -0.39 is 0 Å². The van der Waals surface area contributed by atoms with E-state index in [1.54, 1.807) is 14.0 Å². The van der Waals surface area contributed by atoms with Gasteiger partial charge < -0.3 is 9.47 Å². The largest absolute Gasteiger partial charge is 0.468 e. The van der Waals surface area contributed by atoms with Gasteiger partial charge in [-0.15, -0.1) is 0 Å². The molecule has 0 saturated heterocycles. The minimum atomic E-state index is -0.272. The molecule has 0 spiro atoms. The first kappa shape index (κ1) is 13.4. The molecule has 2 atom stereocenters. The molecule has 4 heteroatoms. The number of ether oxygens (including phenoxy) is 2. The first-order valence-corrected chi connectivity index (χ1v) is 4.98. The predicted octanol–water partition coefficient (Wildman–Crippen LogP) is 0.953. The van der Waals surface area contributed by atoms with Crippen LogP contribution in [-0.4, -0.2) is 38.9 Å². The molecule has 1 N–H and O–H groups in total. The van der Waals surface area contributed by atoms with E-state index in [-0.39, 0.29) is 18.1 Å². The number of hydrogen-bond acceptors (Lipinski definition) is 4. The van der Waals surface area contributed by atoms with Gasteiger partial charge in [-0.05, 0) is 13.3 Å². The molecule has 0 aromatic rings. The predicted molar refractivity (Wildman–Crippen MR) is 55.2 cm³/mol. The fourth-order valence-electron chi connectivity index (χ4n) is 1.36. The van der Waals surface area contributed by atoms with Crippen LogP contribution in [0.1, 0.15) is 26.7 Å². The lowest BCUT2D eigenvalue weighted by Gasteiger charge is -2.20. The second-order valence-electron chi connectivity index (χ2n) is 3.35. The van der Waals surface area contributed by atoms with E-state index >= 15 is 0 Å². The van der Waals surface area contributed by atoms with Crippen LogP contribution < -0.4 is 5.32 Å². The molecule has 0 saturated carbocycles. The van der Waals surface area contributed by atoms with E-state index in [1.165, 1.54) is 7.11 Å². The number of rotatable bonds is 7. The van der Waals surface area contributed by atoms with E-state index in [0.29, 0.717) is 6.61 Å². The zero-order valence-corrected chi connectivity index (χ0v) is 9.50. The molecule has 0 heterocycles. The minimum Gasteiger partial charge on any atom is -0.468 e. The Morgan fingerprint density at radius 3 is 2.50 bits per heavy atom. The van der Waals surface area contributed by atoms with Gasteiger partial charge in [-0.25, -0.2) is 0 Å². The number of nitrogens with one attached hydrogen (secondary N) is 1. The Labute approximate surface area is 86.0 Å². The molecule has 0 aromatic heterocycles. The molecule has 2 unspecified atom stereocenters. The van der Waals surface area contributed by atoms with Crippen LogP contribution in [0.3, 0.4) is 0 Å². The van der Waals surface area contributed by atoms with Crippen molar-refractivity contribution in [1.82, 2.24) is 5.32 Å². The summed E-state index contributed by atoms with van der Waals surface area (Å²) in [5.74, 6) is -0.234. The van der Waals surface area contributed by atoms with Crippen molar-refractivity contribution in [2.24, 2.45) is 0 Å². The van der Waals surface area contributed by atoms with Gasteiger partial charge in [0.2, 0.25) is 0 Å². The smallest absolute Gasteiger partial charge is 0.322 e. The highest BCUT2D eigenvalue weighted by Gasteiger charge is 2.17. The Balaban J connectivity index is 3.94. The van der Waals surface area contributed by atoms with Crippen molar-refractivity contribution in [1.29, 1.82) is 0 Å². The highest BCUT2D eigenvalue weighted by molar-refractivity contribution is 5.75. The third-order valence-electron chi connectivity index (χ3n) is 2.05. The fraction of sp³-hybridized carbons (Fsp3) is 0.900. The summed E-state index contributed by atoms with van der Waals surface area (Å²) < 4.78 is 9.68. The van der Waals surface area contributed by atoms with Gasteiger partial charge in [0, 0.05) is 13.2 Å². The third kappa shape index (κ3) is 5.19. The van der Waals surface area contributed by atoms with Crippen molar-refractivity contribution in [2.45, 2.75) is 38.8 Å². The third-order valence-corrected chi connectivity index (χ3v) is 2.05. The maximum absolute atomic E-state index is 11.1. The van der Waals surface area contributed by atoms with Crippen LogP contribution >= 0.6 is 0 Å². The summed E-state index contributed by atoms with van der Waals surface area (Å²) in [7, 11) is 3.05. The highest BCUT2D eigenvalue weighted by atomic mass is 16.5. The summed E-state index contributed by atoms with van der Waals surface area (Å²) in [6.45, 7) is 4.52. The van der Waals surface area contributed by atoms with Crippen LogP contribution in [0, 0.1) is 0 Å². The molecule has 0 fully saturated rings. The number of carbonyl (C=O) groups excluding carboxylic acids is 1. The lowest BCUT2D eigenvalue weighted by atomic mass is 10.1. The SMILES string of the molecule is CCCC(COC)NC(C)C(=O)OC. The Bertz CT molecular complexity index is 155. The zero-order valence-electron chi connectivity index (χ0n) is 9.50. The second-order valence-corrected chi connectivity index (χ2v) is 3.35. The Morgan fingerprint density at radius 2 is 2.07 bits per heavy atom. The van der Waals surface area contributed by atoms with E-state index in [4.69, 9.17) is 4.74 Å². The average molecular weight is 203 g/mol. The van der Waals surface area contributed by atoms with E-state index in [9.17, 15) is 4.79 Å². The quantitative estimate of drug-likeness (QED) is 0.626. The number of hydrogen-bond donors (Lipinski definition) is 1. The van der Waals surface area contributed by atoms with Gasteiger partial charge in [0.25, 0.3) is 0 Å². The molecule has 14 heavy (non-hydrogen) atoms. The second kappa shape index (κ2) is 7.76. The summed E-state index contributed by atoms with van der Waals surface area (Å²) in [4.78, 5) is 11.1. The van der Waals surface area contributed by atoms with Gasteiger partial charge in [-0.1, -0.05) is 13.3 Å². The normalized spacial score (nSPS) is 14.9. The number of methoxy groups -OCH3 is 2. The standard InChI is InChI=1S/C10H21NO3/c1-5-6-9(7-13-3)11-8(2)10(12)14-4/h8-9,11H,5-7H2,1-4H3. The number of carbonyl (C=O) groups is 1. The van der Waals surface area contributed by atoms with Crippen molar-refractivity contribution < 1.29 is 14.3 Å². The monoisotopic (exact) mass is 203 g/mol. The molecule has 0 aromatic carbocycles. The highest BCUT2D eigenvalue weighted by Crippen LogP contribution is 1.99. The van der Waals surface area contributed by atoms with Gasteiger partial charge in [0.1, 0.15) is 6.04 Å². The van der Waals surface area contributed by atoms with Crippen molar-refractivity contribution in [3.8, 4) is 0 Å². The average Bonchev–Trinajstić information content (AvgIpc) is 2.17. The molecule has 0 aliphatic carbocycles. The number of esters is 1. The fourth-order valence-corrected chi connectivity index (χ4v) is 1.36. The molecular weight excluding hydrogens is 182 g/mol. The summed E-state index contributed by atoms with van der Waals surface area (Å²) in [6, 6.07) is -0.0502. The van der Waals surface area contributed by atoms with Crippen LogP contribution in [-0.2, 0) is 14.3 Å². The van der Waals surface area contributed by atoms with Crippen LogP contribution in [0.4, 0.5) is 0 Å². The Hall–Kier alpha value is -0.610. The van der Waals surface area contributed by atoms with Crippen molar-refractivity contribution in [3.05, 3.63) is 0 Å². The molecular formula is C10H21NO3. The first-order valence-electron chi connectivity index (χ1n) is 4.98. The Morgan fingerprint density at radius 1 is 1.43 bits per heavy atom. The molecule has 0 amide bonds. The van der Waals surface area contributed by atoms with Gasteiger partial charge in [-0.2, -0.15) is 0 Å². The lowest BCUT2D eigenvalue weighted by molar-refractivity contribution is -0.142. The van der Waals surface area contributed by atoms with Gasteiger partial charge >= 0.3 is 5.97 Å². The summed E-state index contributed by atoms with van der Waals surface area (Å²) >= 11 is 0. The molecule has 0 aliphatic rings. The van der Waals surface area contributed by atoms with Crippen molar-refractivity contribution in [2.75, 3.05) is 20.8 Å². The molecule has 0 aliphatic heterocycles. The molecule has 0 radical (unpaired) electrons. The van der Waals surface area contributed by atoms with Crippen molar-refractivity contribution in [3.63, 3.8) is 0 Å². The topological polar surface area (TPSA) is 47.6 Å². The van der Waals surface area contributed by atoms with E-state index in [2.05, 4.69) is 17.0 Å². The van der Waals surface area contributed by atoms with Gasteiger partial charge in [0.05, 0.1) is 13.7 Å². The first-order chi connectivity index (χ1) is 6.65. The summed E-state index contributed by atoms with van der Waals surface area (Å²) in [5.41, 5.74) is 0. The van der Waals surface area contributed by atoms with Gasteiger partial charge in [-0.3, -0.25) is 10.1 Å². The minimum absolute atomic E-state index is 0.221. The summed E-state index contributed by atoms with van der Waals surface area (Å²) in [5, 5.41) is 3.17. The Kier molecular flexibility index (Phi) is 7.42. The van der Waals surface area contributed by atoms with Gasteiger partial charge in [0.15, 0.2) is 0 Å². The maximum Gasteiger partial charge on any atom is 0.322 e. The lowest BCUT2D eigenvalue weighted by Crippen LogP contribution is -2.44. The van der Waals surface area contributed by atoms with Crippen LogP contribution in [0.15, 0.2) is 0 Å². The van der Waals surface area contributed by atoms with Crippen LogP contribution in [0.2, 0.25) is 0 Å². The van der Waals surface area contributed by atoms with Crippen molar-refractivity contribution >= 4 is 5.97 Å². The molecule has 4 nitrogen and oxygen atoms in total. The van der Waals surface area contributed by atoms with Crippen LogP contribution in [0.25, 0.3) is 0 Å². The summed E-state index contributed by atoms with van der Waals surface area (Å²) in [6.07, 6.45) is 2.06. The maximum atomic E-state index is 11.1. The van der Waals surface area contributed by atoms with E-state index in [1.807, 2.05) is 0 Å². The zero-order chi connectivity index (χ0) is 11.0. The molecule has 0 bridgehead atoms.